The topological polar surface area (TPSA) is 46.2 Å². The molecule has 4 heteroatoms. The summed E-state index contributed by atoms with van der Waals surface area (Å²) in [5.74, 6) is 0. The minimum Gasteiger partial charge on any atom is -0.309 e. The predicted molar refractivity (Wildman–Crippen MR) is 72.0 cm³/mol. The number of hydrogen-bond donors (Lipinski definition) is 1. The molecule has 1 saturated carbocycles. The summed E-state index contributed by atoms with van der Waals surface area (Å²) < 4.78 is 24.6. The van der Waals surface area contributed by atoms with Crippen molar-refractivity contribution in [2.24, 2.45) is 0 Å². The summed E-state index contributed by atoms with van der Waals surface area (Å²) in [5, 5.41) is 3.32. The van der Waals surface area contributed by atoms with Gasteiger partial charge >= 0.3 is 0 Å². The standard InChI is InChI=1S/C14H17NO2S/c1-10-5-6-14-11(7-10)8-13(18(14,16)17)9-15-12-3-2-4-12/h5-8,12,15H,2-4,9H2,1H3. The molecule has 0 unspecified atom stereocenters. The van der Waals surface area contributed by atoms with Gasteiger partial charge in [0.15, 0.2) is 0 Å². The van der Waals surface area contributed by atoms with E-state index in [1.54, 1.807) is 6.07 Å². The molecule has 1 aromatic carbocycles. The Kier molecular flexibility index (Phi) is 2.79. The van der Waals surface area contributed by atoms with E-state index in [4.69, 9.17) is 0 Å². The molecule has 1 N–H and O–H groups in total. The van der Waals surface area contributed by atoms with Gasteiger partial charge in [-0.05, 0) is 37.5 Å². The van der Waals surface area contributed by atoms with Gasteiger partial charge in [0.05, 0.1) is 9.80 Å². The van der Waals surface area contributed by atoms with Crippen molar-refractivity contribution in [1.29, 1.82) is 0 Å². The van der Waals surface area contributed by atoms with Crippen molar-refractivity contribution in [3.8, 4) is 0 Å². The fraction of sp³-hybridized carbons (Fsp3) is 0.429. The lowest BCUT2D eigenvalue weighted by Gasteiger charge is -2.26. The normalized spacial score (nSPS) is 21.3. The van der Waals surface area contributed by atoms with Gasteiger partial charge < -0.3 is 5.32 Å². The Hall–Kier alpha value is -1.13. The van der Waals surface area contributed by atoms with Gasteiger partial charge in [-0.2, -0.15) is 0 Å². The van der Waals surface area contributed by atoms with Crippen molar-refractivity contribution in [3.63, 3.8) is 0 Å². The Bertz CT molecular complexity index is 613. The number of benzene rings is 1. The largest absolute Gasteiger partial charge is 0.309 e. The van der Waals surface area contributed by atoms with Crippen LogP contribution in [0.15, 0.2) is 28.0 Å². The van der Waals surface area contributed by atoms with Crippen LogP contribution in [0, 0.1) is 6.92 Å². The molecule has 0 saturated heterocycles. The van der Waals surface area contributed by atoms with E-state index >= 15 is 0 Å². The van der Waals surface area contributed by atoms with Crippen LogP contribution in [0.2, 0.25) is 0 Å². The molecule has 18 heavy (non-hydrogen) atoms. The number of fused-ring (bicyclic) bond motifs is 1. The first-order chi connectivity index (χ1) is 8.57. The summed E-state index contributed by atoms with van der Waals surface area (Å²) in [5.41, 5.74) is 1.92. The van der Waals surface area contributed by atoms with Crippen LogP contribution in [-0.4, -0.2) is 21.0 Å². The molecule has 1 aromatic rings. The monoisotopic (exact) mass is 263 g/mol. The average molecular weight is 263 g/mol. The van der Waals surface area contributed by atoms with Crippen molar-refractivity contribution in [2.45, 2.75) is 37.1 Å². The molecular formula is C14H17NO2S. The number of hydrogen-bond acceptors (Lipinski definition) is 3. The minimum absolute atomic E-state index is 0.457. The van der Waals surface area contributed by atoms with Gasteiger partial charge in [0.2, 0.25) is 9.84 Å². The Morgan fingerprint density at radius 3 is 2.78 bits per heavy atom. The number of rotatable bonds is 3. The Morgan fingerprint density at radius 1 is 1.33 bits per heavy atom. The fourth-order valence-electron chi connectivity index (χ4n) is 2.42. The van der Waals surface area contributed by atoms with Crippen molar-refractivity contribution in [1.82, 2.24) is 5.32 Å². The molecule has 0 spiro atoms. The molecule has 1 fully saturated rings. The maximum atomic E-state index is 12.3. The van der Waals surface area contributed by atoms with Crippen LogP contribution < -0.4 is 5.32 Å². The molecule has 96 valence electrons. The molecule has 1 aliphatic heterocycles. The van der Waals surface area contributed by atoms with E-state index in [0.29, 0.717) is 22.4 Å². The van der Waals surface area contributed by atoms with Crippen molar-refractivity contribution < 1.29 is 8.42 Å². The van der Waals surface area contributed by atoms with E-state index in [2.05, 4.69) is 5.32 Å². The smallest absolute Gasteiger partial charge is 0.204 e. The summed E-state index contributed by atoms with van der Waals surface area (Å²) >= 11 is 0. The van der Waals surface area contributed by atoms with Gasteiger partial charge in [-0.3, -0.25) is 0 Å². The quantitative estimate of drug-likeness (QED) is 0.910. The third-order valence-corrected chi connectivity index (χ3v) is 5.69. The van der Waals surface area contributed by atoms with Crippen molar-refractivity contribution in [2.75, 3.05) is 6.54 Å². The SMILES string of the molecule is Cc1ccc2c(c1)C=C(CNC1CCC1)S2(=O)=O. The third kappa shape index (κ3) is 1.89. The lowest BCUT2D eigenvalue weighted by atomic mass is 9.93. The molecule has 0 bridgehead atoms. The lowest BCUT2D eigenvalue weighted by molar-refractivity contribution is 0.351. The van der Waals surface area contributed by atoms with Crippen molar-refractivity contribution >= 4 is 15.9 Å². The van der Waals surface area contributed by atoms with Crippen LogP contribution in [0.5, 0.6) is 0 Å². The molecule has 0 aromatic heterocycles. The lowest BCUT2D eigenvalue weighted by Crippen LogP contribution is -2.36. The van der Waals surface area contributed by atoms with Gasteiger partial charge in [0, 0.05) is 12.6 Å². The zero-order valence-electron chi connectivity index (χ0n) is 10.4. The van der Waals surface area contributed by atoms with Gasteiger partial charge in [0.25, 0.3) is 0 Å². The molecular weight excluding hydrogens is 246 g/mol. The molecule has 0 atom stereocenters. The first-order valence-corrected chi connectivity index (χ1v) is 7.85. The van der Waals surface area contributed by atoms with E-state index in [1.807, 2.05) is 25.1 Å². The van der Waals surface area contributed by atoms with Crippen LogP contribution >= 0.6 is 0 Å². The summed E-state index contributed by atoms with van der Waals surface area (Å²) in [6.45, 7) is 2.44. The van der Waals surface area contributed by atoms with Gasteiger partial charge in [0.1, 0.15) is 0 Å². The highest BCUT2D eigenvalue weighted by molar-refractivity contribution is 7.95. The van der Waals surface area contributed by atoms with Crippen LogP contribution in [0.1, 0.15) is 30.4 Å². The van der Waals surface area contributed by atoms with E-state index in [1.165, 1.54) is 19.3 Å². The molecule has 1 heterocycles. The summed E-state index contributed by atoms with van der Waals surface area (Å²) in [4.78, 5) is 0.966. The first-order valence-electron chi connectivity index (χ1n) is 6.37. The Labute approximate surface area is 108 Å². The fourth-order valence-corrected chi connectivity index (χ4v) is 3.93. The molecule has 2 aliphatic rings. The molecule has 3 rings (SSSR count). The summed E-state index contributed by atoms with van der Waals surface area (Å²) in [6, 6.07) is 6.01. The third-order valence-electron chi connectivity index (χ3n) is 3.79. The van der Waals surface area contributed by atoms with Crippen LogP contribution in [0.3, 0.4) is 0 Å². The van der Waals surface area contributed by atoms with E-state index in [-0.39, 0.29) is 0 Å². The molecule has 0 amide bonds. The van der Waals surface area contributed by atoms with Crippen molar-refractivity contribution in [3.05, 3.63) is 34.2 Å². The van der Waals surface area contributed by atoms with Crippen LogP contribution in [0.25, 0.3) is 6.08 Å². The highest BCUT2D eigenvalue weighted by Gasteiger charge is 2.30. The highest BCUT2D eigenvalue weighted by Crippen LogP contribution is 2.33. The molecule has 0 radical (unpaired) electrons. The van der Waals surface area contributed by atoms with Crippen LogP contribution in [-0.2, 0) is 9.84 Å². The van der Waals surface area contributed by atoms with Crippen LogP contribution in [0.4, 0.5) is 0 Å². The molecule has 3 nitrogen and oxygen atoms in total. The summed E-state index contributed by atoms with van der Waals surface area (Å²) in [6.07, 6.45) is 5.39. The zero-order chi connectivity index (χ0) is 12.8. The number of aryl methyl sites for hydroxylation is 1. The average Bonchev–Trinajstić information content (AvgIpc) is 2.48. The highest BCUT2D eigenvalue weighted by atomic mass is 32.2. The second kappa shape index (κ2) is 4.21. The van der Waals surface area contributed by atoms with Gasteiger partial charge in [-0.15, -0.1) is 0 Å². The van der Waals surface area contributed by atoms with E-state index < -0.39 is 9.84 Å². The summed E-state index contributed by atoms with van der Waals surface area (Å²) in [7, 11) is -3.24. The second-order valence-electron chi connectivity index (χ2n) is 5.16. The van der Waals surface area contributed by atoms with Gasteiger partial charge in [-0.1, -0.05) is 24.1 Å². The van der Waals surface area contributed by atoms with Gasteiger partial charge in [-0.25, -0.2) is 8.42 Å². The number of sulfone groups is 1. The minimum atomic E-state index is -3.24. The first kappa shape index (κ1) is 11.9. The Morgan fingerprint density at radius 2 is 2.11 bits per heavy atom. The number of nitrogens with one attached hydrogen (secondary N) is 1. The van der Waals surface area contributed by atoms with E-state index in [9.17, 15) is 8.42 Å². The molecule has 1 aliphatic carbocycles. The second-order valence-corrected chi connectivity index (χ2v) is 7.14. The maximum Gasteiger partial charge on any atom is 0.204 e. The Balaban J connectivity index is 1.86. The maximum absolute atomic E-state index is 12.3. The van der Waals surface area contributed by atoms with E-state index in [0.717, 1.165) is 11.1 Å². The predicted octanol–water partition coefficient (Wildman–Crippen LogP) is 2.27. The zero-order valence-corrected chi connectivity index (χ0v) is 11.3.